The summed E-state index contributed by atoms with van der Waals surface area (Å²) in [5.41, 5.74) is 1.67. The summed E-state index contributed by atoms with van der Waals surface area (Å²) in [5.74, 6) is 0. The molecule has 0 aliphatic rings. The molecule has 0 fully saturated rings. The van der Waals surface area contributed by atoms with Gasteiger partial charge in [0.2, 0.25) is 0 Å². The molecule has 108 valence electrons. The predicted octanol–water partition coefficient (Wildman–Crippen LogP) is 2.16. The summed E-state index contributed by atoms with van der Waals surface area (Å²) in [5, 5.41) is 11.2. The number of aldehydes is 1. The van der Waals surface area contributed by atoms with Crippen molar-refractivity contribution in [3.63, 3.8) is 0 Å². The molecule has 1 heterocycles. The maximum absolute atomic E-state index is 11.1. The lowest BCUT2D eigenvalue weighted by atomic mass is 10.2. The van der Waals surface area contributed by atoms with E-state index in [1.54, 1.807) is 0 Å². The number of carbonyl (C=O) groups excluding carboxylic acids is 1. The zero-order valence-corrected chi connectivity index (χ0v) is 12.1. The molecule has 0 bridgehead atoms. The van der Waals surface area contributed by atoms with Crippen LogP contribution in [0, 0.1) is 0 Å². The molecular formula is C16H22N2O2. The van der Waals surface area contributed by atoms with Gasteiger partial charge in [0.25, 0.3) is 0 Å². The number of para-hydroxylation sites is 1. The number of hydrogen-bond donors (Lipinski definition) is 1. The molecule has 1 atom stereocenters. The van der Waals surface area contributed by atoms with Crippen molar-refractivity contribution in [3.05, 3.63) is 36.0 Å². The van der Waals surface area contributed by atoms with Gasteiger partial charge in [0, 0.05) is 35.8 Å². The van der Waals surface area contributed by atoms with Crippen molar-refractivity contribution in [3.8, 4) is 0 Å². The molecule has 0 aliphatic heterocycles. The molecule has 2 aromatic rings. The molecule has 4 nitrogen and oxygen atoms in total. The number of benzene rings is 1. The highest BCUT2D eigenvalue weighted by atomic mass is 16.3. The van der Waals surface area contributed by atoms with E-state index >= 15 is 0 Å². The van der Waals surface area contributed by atoms with Crippen LogP contribution < -0.4 is 0 Å². The van der Waals surface area contributed by atoms with E-state index in [0.717, 1.165) is 30.3 Å². The average Bonchev–Trinajstić information content (AvgIpc) is 2.83. The summed E-state index contributed by atoms with van der Waals surface area (Å²) < 4.78 is 1.97. The van der Waals surface area contributed by atoms with E-state index in [1.807, 2.05) is 35.0 Å². The minimum Gasteiger partial charge on any atom is -0.390 e. The van der Waals surface area contributed by atoms with Crippen molar-refractivity contribution in [1.29, 1.82) is 0 Å². The van der Waals surface area contributed by atoms with Crippen LogP contribution in [0.4, 0.5) is 0 Å². The maximum Gasteiger partial charge on any atom is 0.152 e. The molecule has 1 N–H and O–H groups in total. The summed E-state index contributed by atoms with van der Waals surface area (Å²) in [6.45, 7) is 7.19. The van der Waals surface area contributed by atoms with Crippen molar-refractivity contribution in [1.82, 2.24) is 9.47 Å². The Labute approximate surface area is 119 Å². The van der Waals surface area contributed by atoms with Crippen molar-refractivity contribution >= 4 is 17.2 Å². The van der Waals surface area contributed by atoms with Crippen LogP contribution in [0.15, 0.2) is 30.5 Å². The molecule has 0 unspecified atom stereocenters. The van der Waals surface area contributed by atoms with Crippen LogP contribution >= 0.6 is 0 Å². The fourth-order valence-electron chi connectivity index (χ4n) is 2.58. The van der Waals surface area contributed by atoms with Crippen LogP contribution in [-0.2, 0) is 6.54 Å². The van der Waals surface area contributed by atoms with Crippen LogP contribution in [0.5, 0.6) is 0 Å². The first kappa shape index (κ1) is 14.8. The van der Waals surface area contributed by atoms with Gasteiger partial charge in [-0.1, -0.05) is 32.0 Å². The number of nitrogens with zero attached hydrogens (tertiary/aromatic N) is 2. The van der Waals surface area contributed by atoms with Crippen molar-refractivity contribution in [2.75, 3.05) is 19.6 Å². The third kappa shape index (κ3) is 3.08. The quantitative estimate of drug-likeness (QED) is 0.787. The number of rotatable bonds is 7. The van der Waals surface area contributed by atoms with Gasteiger partial charge in [0.15, 0.2) is 6.29 Å². The second-order valence-electron chi connectivity index (χ2n) is 5.01. The Morgan fingerprint density at radius 3 is 2.65 bits per heavy atom. The van der Waals surface area contributed by atoms with Crippen LogP contribution in [0.3, 0.4) is 0 Å². The van der Waals surface area contributed by atoms with Crippen molar-refractivity contribution in [2.45, 2.75) is 26.5 Å². The number of fused-ring (bicyclic) bond motifs is 1. The van der Waals surface area contributed by atoms with E-state index in [1.165, 1.54) is 0 Å². The molecule has 20 heavy (non-hydrogen) atoms. The molecule has 0 saturated heterocycles. The van der Waals surface area contributed by atoms with Gasteiger partial charge >= 0.3 is 0 Å². The lowest BCUT2D eigenvalue weighted by Crippen LogP contribution is -2.34. The normalized spacial score (nSPS) is 13.0. The maximum atomic E-state index is 11.1. The van der Waals surface area contributed by atoms with Crippen molar-refractivity contribution < 1.29 is 9.90 Å². The van der Waals surface area contributed by atoms with E-state index in [0.29, 0.717) is 18.7 Å². The molecule has 0 aliphatic carbocycles. The third-order valence-corrected chi connectivity index (χ3v) is 3.72. The Morgan fingerprint density at radius 1 is 1.30 bits per heavy atom. The van der Waals surface area contributed by atoms with Gasteiger partial charge in [0.05, 0.1) is 6.10 Å². The summed E-state index contributed by atoms with van der Waals surface area (Å²) in [7, 11) is 0. The summed E-state index contributed by atoms with van der Waals surface area (Å²) >= 11 is 0. The standard InChI is InChI=1S/C16H22N2O2/c1-3-17(4-2)10-14(20)11-18-9-13(12-19)15-7-5-6-8-16(15)18/h5-9,12,14,20H,3-4,10-11H2,1-2H3/t14-/m1/s1. The summed E-state index contributed by atoms with van der Waals surface area (Å²) in [4.78, 5) is 13.3. The van der Waals surface area contributed by atoms with Crippen LogP contribution in [0.1, 0.15) is 24.2 Å². The predicted molar refractivity (Wildman–Crippen MR) is 81.1 cm³/mol. The Balaban J connectivity index is 2.19. The van der Waals surface area contributed by atoms with Gasteiger partial charge in [-0.2, -0.15) is 0 Å². The van der Waals surface area contributed by atoms with E-state index in [2.05, 4.69) is 18.7 Å². The minimum atomic E-state index is -0.440. The topological polar surface area (TPSA) is 45.5 Å². The van der Waals surface area contributed by atoms with Gasteiger partial charge in [-0.05, 0) is 19.2 Å². The SMILES string of the molecule is CCN(CC)C[C@@H](O)Cn1cc(C=O)c2ccccc21. The largest absolute Gasteiger partial charge is 0.390 e. The molecule has 0 radical (unpaired) electrons. The Kier molecular flexibility index (Phi) is 4.93. The second-order valence-corrected chi connectivity index (χ2v) is 5.01. The van der Waals surface area contributed by atoms with E-state index < -0.39 is 6.10 Å². The van der Waals surface area contributed by atoms with Gasteiger partial charge in [-0.25, -0.2) is 0 Å². The zero-order valence-electron chi connectivity index (χ0n) is 12.1. The first-order chi connectivity index (χ1) is 9.69. The van der Waals surface area contributed by atoms with E-state index in [-0.39, 0.29) is 0 Å². The molecule has 1 aromatic heterocycles. The highest BCUT2D eigenvalue weighted by Crippen LogP contribution is 2.20. The molecule has 0 amide bonds. The molecule has 0 spiro atoms. The summed E-state index contributed by atoms with van der Waals surface area (Å²) in [6.07, 6.45) is 2.25. The van der Waals surface area contributed by atoms with E-state index in [9.17, 15) is 9.90 Å². The highest BCUT2D eigenvalue weighted by Gasteiger charge is 2.13. The lowest BCUT2D eigenvalue weighted by molar-refractivity contribution is 0.104. The molecular weight excluding hydrogens is 252 g/mol. The first-order valence-electron chi connectivity index (χ1n) is 7.13. The third-order valence-electron chi connectivity index (χ3n) is 3.72. The number of aliphatic hydroxyl groups is 1. The van der Waals surface area contributed by atoms with Gasteiger partial charge in [0.1, 0.15) is 0 Å². The number of carbonyl (C=O) groups is 1. The fourth-order valence-corrected chi connectivity index (χ4v) is 2.58. The molecule has 1 aromatic carbocycles. The summed E-state index contributed by atoms with van der Waals surface area (Å²) in [6, 6.07) is 7.79. The Hall–Kier alpha value is -1.65. The smallest absolute Gasteiger partial charge is 0.152 e. The van der Waals surface area contributed by atoms with Crippen LogP contribution in [0.2, 0.25) is 0 Å². The molecule has 0 saturated carbocycles. The van der Waals surface area contributed by atoms with Crippen LogP contribution in [-0.4, -0.2) is 46.6 Å². The minimum absolute atomic E-state index is 0.440. The Bertz CT molecular complexity index is 573. The number of likely N-dealkylation sites (N-methyl/N-ethyl adjacent to an activating group) is 1. The highest BCUT2D eigenvalue weighted by molar-refractivity contribution is 5.97. The number of aliphatic hydroxyl groups excluding tert-OH is 1. The monoisotopic (exact) mass is 274 g/mol. The number of aromatic nitrogens is 1. The van der Waals surface area contributed by atoms with Gasteiger partial charge in [-0.3, -0.25) is 4.79 Å². The fraction of sp³-hybridized carbons (Fsp3) is 0.438. The first-order valence-corrected chi connectivity index (χ1v) is 7.13. The van der Waals surface area contributed by atoms with Gasteiger partial charge in [-0.15, -0.1) is 0 Å². The Morgan fingerprint density at radius 2 is 2.00 bits per heavy atom. The second kappa shape index (κ2) is 6.68. The van der Waals surface area contributed by atoms with Crippen LogP contribution in [0.25, 0.3) is 10.9 Å². The number of hydrogen-bond acceptors (Lipinski definition) is 3. The van der Waals surface area contributed by atoms with Crippen molar-refractivity contribution in [2.24, 2.45) is 0 Å². The molecule has 2 rings (SSSR count). The van der Waals surface area contributed by atoms with E-state index in [4.69, 9.17) is 0 Å². The average molecular weight is 274 g/mol. The lowest BCUT2D eigenvalue weighted by Gasteiger charge is -2.22. The molecule has 4 heteroatoms. The zero-order chi connectivity index (χ0) is 14.5. The van der Waals surface area contributed by atoms with Gasteiger partial charge < -0.3 is 14.6 Å².